The van der Waals surface area contributed by atoms with Crippen LogP contribution in [0.25, 0.3) is 0 Å². The third kappa shape index (κ3) is 7.69. The zero-order chi connectivity index (χ0) is 23.5. The van der Waals surface area contributed by atoms with Crippen LogP contribution in [0.15, 0.2) is 46.0 Å². The van der Waals surface area contributed by atoms with E-state index in [1.807, 2.05) is 38.1 Å². The van der Waals surface area contributed by atoms with Crippen molar-refractivity contribution < 1.29 is 23.9 Å². The number of halogens is 1. The molecule has 170 valence electrons. The maximum atomic E-state index is 12.2. The number of ether oxygens (including phenoxy) is 2. The SMILES string of the molecule is CCCNC(=O)C(=O)N/N=C\c1cc(Br)c(OCC(=O)Nc2ccc(C)cc2)c(OC)c1. The van der Waals surface area contributed by atoms with Crippen LogP contribution in [0.3, 0.4) is 0 Å². The number of amides is 3. The van der Waals surface area contributed by atoms with Gasteiger partial charge in [0.05, 0.1) is 17.8 Å². The number of hydrogen-bond acceptors (Lipinski definition) is 6. The Hall–Kier alpha value is -3.40. The minimum Gasteiger partial charge on any atom is -0.493 e. The second-order valence-electron chi connectivity index (χ2n) is 6.69. The summed E-state index contributed by atoms with van der Waals surface area (Å²) in [4.78, 5) is 35.4. The van der Waals surface area contributed by atoms with Gasteiger partial charge in [-0.15, -0.1) is 0 Å². The van der Waals surface area contributed by atoms with Crippen LogP contribution in [0.2, 0.25) is 0 Å². The van der Waals surface area contributed by atoms with Crippen LogP contribution in [0.4, 0.5) is 5.69 Å². The van der Waals surface area contributed by atoms with Gasteiger partial charge in [-0.05, 0) is 59.1 Å². The molecule has 0 bridgehead atoms. The molecule has 10 heteroatoms. The molecule has 0 spiro atoms. The number of nitrogens with zero attached hydrogens (tertiary/aromatic N) is 1. The van der Waals surface area contributed by atoms with Gasteiger partial charge in [-0.2, -0.15) is 5.10 Å². The minimum absolute atomic E-state index is 0.223. The Morgan fingerprint density at radius 3 is 2.50 bits per heavy atom. The largest absolute Gasteiger partial charge is 0.493 e. The maximum Gasteiger partial charge on any atom is 0.329 e. The maximum absolute atomic E-state index is 12.2. The molecule has 0 saturated carbocycles. The lowest BCUT2D eigenvalue weighted by molar-refractivity contribution is -0.139. The van der Waals surface area contributed by atoms with E-state index >= 15 is 0 Å². The molecule has 2 aromatic rings. The van der Waals surface area contributed by atoms with Gasteiger partial charge < -0.3 is 20.1 Å². The number of benzene rings is 2. The standard InChI is InChI=1S/C22H25BrN4O5/c1-4-9-24-21(29)22(30)27-25-12-15-10-17(23)20(18(11-15)31-3)32-13-19(28)26-16-7-5-14(2)6-8-16/h5-8,10-12H,4,9,13H2,1-3H3,(H,24,29)(H,26,28)(H,27,30)/b25-12-. The van der Waals surface area contributed by atoms with Crippen LogP contribution >= 0.6 is 15.9 Å². The Bertz CT molecular complexity index is 993. The molecule has 0 aromatic heterocycles. The fourth-order valence-corrected chi connectivity index (χ4v) is 3.04. The summed E-state index contributed by atoms with van der Waals surface area (Å²) < 4.78 is 11.5. The molecule has 0 aliphatic rings. The first-order valence-corrected chi connectivity index (χ1v) is 10.6. The molecule has 9 nitrogen and oxygen atoms in total. The zero-order valence-electron chi connectivity index (χ0n) is 18.0. The fraction of sp³-hybridized carbons (Fsp3) is 0.273. The van der Waals surface area contributed by atoms with Crippen LogP contribution < -0.4 is 25.5 Å². The number of anilines is 1. The molecule has 0 saturated heterocycles. The lowest BCUT2D eigenvalue weighted by atomic mass is 10.2. The Balaban J connectivity index is 1.98. The van der Waals surface area contributed by atoms with Crippen molar-refractivity contribution in [2.45, 2.75) is 20.3 Å². The number of carbonyl (C=O) groups excluding carboxylic acids is 3. The van der Waals surface area contributed by atoms with E-state index in [-0.39, 0.29) is 12.5 Å². The highest BCUT2D eigenvalue weighted by Gasteiger charge is 2.14. The summed E-state index contributed by atoms with van der Waals surface area (Å²) in [6.45, 7) is 4.03. The molecule has 0 aliphatic carbocycles. The number of hydrogen-bond donors (Lipinski definition) is 3. The van der Waals surface area contributed by atoms with Crippen LogP contribution in [-0.2, 0) is 14.4 Å². The van der Waals surface area contributed by atoms with Crippen LogP contribution in [0, 0.1) is 6.92 Å². The van der Waals surface area contributed by atoms with Crippen molar-refractivity contribution >= 4 is 45.6 Å². The van der Waals surface area contributed by atoms with Crippen LogP contribution in [0.1, 0.15) is 24.5 Å². The van der Waals surface area contributed by atoms with Crippen LogP contribution in [-0.4, -0.2) is 44.2 Å². The van der Waals surface area contributed by atoms with Crippen molar-refractivity contribution in [1.82, 2.24) is 10.7 Å². The lowest BCUT2D eigenvalue weighted by Gasteiger charge is -2.13. The predicted molar refractivity (Wildman–Crippen MR) is 125 cm³/mol. The summed E-state index contributed by atoms with van der Waals surface area (Å²) in [5, 5.41) is 8.99. The van der Waals surface area contributed by atoms with Gasteiger partial charge in [-0.25, -0.2) is 5.43 Å². The molecule has 0 atom stereocenters. The van der Waals surface area contributed by atoms with Crippen molar-refractivity contribution in [3.8, 4) is 11.5 Å². The number of aryl methyl sites for hydroxylation is 1. The first-order valence-electron chi connectivity index (χ1n) is 9.82. The molecule has 2 rings (SSSR count). The van der Waals surface area contributed by atoms with Crippen molar-refractivity contribution in [2.24, 2.45) is 5.10 Å². The lowest BCUT2D eigenvalue weighted by Crippen LogP contribution is -2.38. The quantitative estimate of drug-likeness (QED) is 0.275. The highest BCUT2D eigenvalue weighted by molar-refractivity contribution is 9.10. The minimum atomic E-state index is -0.861. The van der Waals surface area contributed by atoms with Gasteiger partial charge in [0, 0.05) is 12.2 Å². The van der Waals surface area contributed by atoms with E-state index in [0.717, 1.165) is 12.0 Å². The molecular formula is C22H25BrN4O5. The number of rotatable bonds is 9. The van der Waals surface area contributed by atoms with Gasteiger partial charge in [-0.3, -0.25) is 14.4 Å². The Kier molecular flexibility index (Phi) is 9.68. The van der Waals surface area contributed by atoms with E-state index in [1.54, 1.807) is 12.1 Å². The summed E-state index contributed by atoms with van der Waals surface area (Å²) >= 11 is 3.39. The second kappa shape index (κ2) is 12.5. The highest BCUT2D eigenvalue weighted by atomic mass is 79.9. The Labute approximate surface area is 194 Å². The summed E-state index contributed by atoms with van der Waals surface area (Å²) in [5.41, 5.74) is 4.49. The van der Waals surface area contributed by atoms with E-state index in [9.17, 15) is 14.4 Å². The van der Waals surface area contributed by atoms with Crippen molar-refractivity contribution in [2.75, 3.05) is 25.6 Å². The van der Waals surface area contributed by atoms with Gasteiger partial charge in [0.25, 0.3) is 5.91 Å². The average molecular weight is 505 g/mol. The number of nitrogens with one attached hydrogen (secondary N) is 3. The van der Waals surface area contributed by atoms with E-state index in [2.05, 4.69) is 37.1 Å². The molecule has 32 heavy (non-hydrogen) atoms. The molecule has 2 aromatic carbocycles. The molecule has 0 unspecified atom stereocenters. The Morgan fingerprint density at radius 1 is 1.12 bits per heavy atom. The summed E-state index contributed by atoms with van der Waals surface area (Å²) in [6.07, 6.45) is 2.07. The van der Waals surface area contributed by atoms with E-state index in [1.165, 1.54) is 13.3 Å². The zero-order valence-corrected chi connectivity index (χ0v) is 19.6. The fourth-order valence-electron chi connectivity index (χ4n) is 2.46. The van der Waals surface area contributed by atoms with Gasteiger partial charge in [0.15, 0.2) is 18.1 Å². The molecule has 0 aliphatic heterocycles. The molecule has 0 heterocycles. The van der Waals surface area contributed by atoms with E-state index in [0.29, 0.717) is 33.8 Å². The van der Waals surface area contributed by atoms with Crippen molar-refractivity contribution in [3.05, 3.63) is 52.0 Å². The highest BCUT2D eigenvalue weighted by Crippen LogP contribution is 2.36. The molecule has 0 fully saturated rings. The summed E-state index contributed by atoms with van der Waals surface area (Å²) in [7, 11) is 1.46. The molecule has 3 amide bonds. The smallest absolute Gasteiger partial charge is 0.329 e. The first-order chi connectivity index (χ1) is 15.3. The number of carbonyl (C=O) groups is 3. The monoisotopic (exact) mass is 504 g/mol. The van der Waals surface area contributed by atoms with Crippen LogP contribution in [0.5, 0.6) is 11.5 Å². The summed E-state index contributed by atoms with van der Waals surface area (Å²) in [5.74, 6) is -1.24. The topological polar surface area (TPSA) is 118 Å². The van der Waals surface area contributed by atoms with E-state index in [4.69, 9.17) is 9.47 Å². The van der Waals surface area contributed by atoms with E-state index < -0.39 is 11.8 Å². The third-order valence-electron chi connectivity index (χ3n) is 4.06. The van der Waals surface area contributed by atoms with Gasteiger partial charge in [0.2, 0.25) is 0 Å². The number of hydrazone groups is 1. The van der Waals surface area contributed by atoms with Crippen molar-refractivity contribution in [3.63, 3.8) is 0 Å². The third-order valence-corrected chi connectivity index (χ3v) is 4.65. The average Bonchev–Trinajstić information content (AvgIpc) is 2.77. The number of methoxy groups -OCH3 is 1. The van der Waals surface area contributed by atoms with Gasteiger partial charge in [0.1, 0.15) is 0 Å². The summed E-state index contributed by atoms with van der Waals surface area (Å²) in [6, 6.07) is 10.7. The second-order valence-corrected chi connectivity index (χ2v) is 7.55. The van der Waals surface area contributed by atoms with Gasteiger partial charge >= 0.3 is 11.8 Å². The Morgan fingerprint density at radius 2 is 1.84 bits per heavy atom. The predicted octanol–water partition coefficient (Wildman–Crippen LogP) is 2.76. The van der Waals surface area contributed by atoms with Crippen molar-refractivity contribution in [1.29, 1.82) is 0 Å². The molecule has 0 radical (unpaired) electrons. The normalized spacial score (nSPS) is 10.5. The first kappa shape index (κ1) is 24.9. The van der Waals surface area contributed by atoms with Gasteiger partial charge in [-0.1, -0.05) is 24.6 Å². The molecular weight excluding hydrogens is 480 g/mol. The molecule has 3 N–H and O–H groups in total.